The number of nitrogens with zero attached hydrogens (tertiary/aromatic N) is 1. The Bertz CT molecular complexity index is 398. The zero-order valence-electron chi connectivity index (χ0n) is 9.76. The summed E-state index contributed by atoms with van der Waals surface area (Å²) in [4.78, 5) is 3.90. The average molecular weight is 265 g/mol. The van der Waals surface area contributed by atoms with Gasteiger partial charge >= 0.3 is 0 Å². The average Bonchev–Trinajstić information content (AvgIpc) is 2.38. The summed E-state index contributed by atoms with van der Waals surface area (Å²) in [5.74, 6) is 1.80. The van der Waals surface area contributed by atoms with Gasteiger partial charge in [0.2, 0.25) is 0 Å². The number of benzene rings is 1. The molecular formula is C13H15NOS2. The van der Waals surface area contributed by atoms with Crippen molar-refractivity contribution in [2.75, 3.05) is 7.11 Å². The Kier molecular flexibility index (Phi) is 6.58. The van der Waals surface area contributed by atoms with Crippen LogP contribution in [0.2, 0.25) is 0 Å². The van der Waals surface area contributed by atoms with Gasteiger partial charge in [-0.05, 0) is 41.3 Å². The van der Waals surface area contributed by atoms with Crippen molar-refractivity contribution < 1.29 is 4.74 Å². The summed E-state index contributed by atoms with van der Waals surface area (Å²) >= 11 is 0. The van der Waals surface area contributed by atoms with Gasteiger partial charge in [0.25, 0.3) is 0 Å². The summed E-state index contributed by atoms with van der Waals surface area (Å²) in [6.07, 6.45) is 3.56. The second-order valence-corrected chi connectivity index (χ2v) is 5.41. The third-order valence-electron chi connectivity index (χ3n) is 1.95. The van der Waals surface area contributed by atoms with Gasteiger partial charge in [-0.25, -0.2) is 0 Å². The van der Waals surface area contributed by atoms with Crippen LogP contribution < -0.4 is 4.74 Å². The Morgan fingerprint density at radius 1 is 1.41 bits per heavy atom. The number of methoxy groups -OCH3 is 1. The van der Waals surface area contributed by atoms with Gasteiger partial charge in [0.15, 0.2) is 0 Å². The number of hydrogen-bond acceptors (Lipinski definition) is 4. The third kappa shape index (κ3) is 5.15. The minimum Gasteiger partial charge on any atom is -0.497 e. The predicted molar refractivity (Wildman–Crippen MR) is 79.7 cm³/mol. The van der Waals surface area contributed by atoms with Crippen LogP contribution in [0.1, 0.15) is 5.56 Å². The highest BCUT2D eigenvalue weighted by Gasteiger charge is 1.98. The maximum atomic E-state index is 5.11. The summed E-state index contributed by atoms with van der Waals surface area (Å²) in [6.45, 7) is 7.14. The Balaban J connectivity index is 2.42. The zero-order valence-corrected chi connectivity index (χ0v) is 11.4. The Labute approximate surface area is 110 Å². The van der Waals surface area contributed by atoms with E-state index in [0.29, 0.717) is 0 Å². The minimum atomic E-state index is 0.874. The molecule has 0 saturated carbocycles. The van der Waals surface area contributed by atoms with E-state index in [9.17, 15) is 0 Å². The second kappa shape index (κ2) is 8.03. The Morgan fingerprint density at radius 2 is 2.12 bits per heavy atom. The lowest BCUT2D eigenvalue weighted by Gasteiger charge is -2.03. The van der Waals surface area contributed by atoms with E-state index in [2.05, 4.69) is 30.4 Å². The smallest absolute Gasteiger partial charge is 0.118 e. The highest BCUT2D eigenvalue weighted by Crippen LogP contribution is 2.33. The summed E-state index contributed by atoms with van der Waals surface area (Å²) in [7, 11) is 4.98. The normalized spacial score (nSPS) is 11.0. The molecule has 1 aromatic rings. The van der Waals surface area contributed by atoms with Gasteiger partial charge in [-0.15, -0.1) is 0 Å². The molecule has 0 spiro atoms. The van der Waals surface area contributed by atoms with E-state index < -0.39 is 0 Å². The van der Waals surface area contributed by atoms with Crippen molar-refractivity contribution >= 4 is 28.3 Å². The van der Waals surface area contributed by atoms with Crippen LogP contribution in [0, 0.1) is 0 Å². The molecule has 0 fully saturated rings. The SMILES string of the molecule is C=C/C=C(\N=C)SSCc1ccc(OC)cc1. The monoisotopic (exact) mass is 265 g/mol. The molecule has 0 amide bonds. The van der Waals surface area contributed by atoms with Gasteiger partial charge in [-0.3, -0.25) is 4.99 Å². The summed E-state index contributed by atoms with van der Waals surface area (Å²) < 4.78 is 5.11. The van der Waals surface area contributed by atoms with Crippen molar-refractivity contribution in [3.05, 3.63) is 53.6 Å². The van der Waals surface area contributed by atoms with Gasteiger partial charge in [0.1, 0.15) is 10.8 Å². The summed E-state index contributed by atoms with van der Waals surface area (Å²) in [5.41, 5.74) is 1.25. The van der Waals surface area contributed by atoms with Gasteiger partial charge in [0, 0.05) is 5.75 Å². The summed E-state index contributed by atoms with van der Waals surface area (Å²) in [5, 5.41) is 0.874. The number of rotatable bonds is 7. The fraction of sp³-hybridized carbons (Fsp3) is 0.154. The predicted octanol–water partition coefficient (Wildman–Crippen LogP) is 4.30. The molecule has 4 heteroatoms. The van der Waals surface area contributed by atoms with Crippen molar-refractivity contribution in [3.63, 3.8) is 0 Å². The molecule has 1 aromatic carbocycles. The Hall–Kier alpha value is -1.13. The first-order chi connectivity index (χ1) is 8.30. The lowest BCUT2D eigenvalue weighted by molar-refractivity contribution is 0.414. The molecule has 0 bridgehead atoms. The molecule has 0 radical (unpaired) electrons. The van der Waals surface area contributed by atoms with E-state index >= 15 is 0 Å². The fourth-order valence-corrected chi connectivity index (χ4v) is 3.07. The molecule has 0 aromatic heterocycles. The van der Waals surface area contributed by atoms with Crippen LogP contribution >= 0.6 is 21.6 Å². The van der Waals surface area contributed by atoms with Crippen molar-refractivity contribution in [2.24, 2.45) is 4.99 Å². The molecule has 0 unspecified atom stereocenters. The first-order valence-corrected chi connectivity index (χ1v) is 7.34. The number of allylic oxidation sites excluding steroid dienone is 2. The molecule has 17 heavy (non-hydrogen) atoms. The van der Waals surface area contributed by atoms with Crippen molar-refractivity contribution in [1.29, 1.82) is 0 Å². The second-order valence-electron chi connectivity index (χ2n) is 3.09. The maximum Gasteiger partial charge on any atom is 0.118 e. The maximum absolute atomic E-state index is 5.11. The van der Waals surface area contributed by atoms with Crippen LogP contribution in [-0.2, 0) is 5.75 Å². The van der Waals surface area contributed by atoms with Crippen LogP contribution in [0.5, 0.6) is 5.75 Å². The molecule has 0 aliphatic rings. The van der Waals surface area contributed by atoms with Crippen LogP contribution in [0.15, 0.2) is 53.0 Å². The van der Waals surface area contributed by atoms with Gasteiger partial charge in [-0.2, -0.15) is 0 Å². The van der Waals surface area contributed by atoms with Gasteiger partial charge < -0.3 is 4.74 Å². The van der Waals surface area contributed by atoms with Crippen LogP contribution in [0.3, 0.4) is 0 Å². The molecule has 1 rings (SSSR count). The highest BCUT2D eigenvalue weighted by molar-refractivity contribution is 8.77. The molecule has 90 valence electrons. The van der Waals surface area contributed by atoms with Crippen molar-refractivity contribution in [1.82, 2.24) is 0 Å². The van der Waals surface area contributed by atoms with Crippen molar-refractivity contribution in [2.45, 2.75) is 5.75 Å². The third-order valence-corrected chi connectivity index (χ3v) is 4.17. The van der Waals surface area contributed by atoms with Gasteiger partial charge in [-0.1, -0.05) is 35.6 Å². The van der Waals surface area contributed by atoms with Crippen LogP contribution in [0.4, 0.5) is 0 Å². The van der Waals surface area contributed by atoms with E-state index in [0.717, 1.165) is 16.5 Å². The fourth-order valence-electron chi connectivity index (χ4n) is 1.09. The molecule has 0 heterocycles. The van der Waals surface area contributed by atoms with E-state index in [4.69, 9.17) is 4.74 Å². The van der Waals surface area contributed by atoms with Gasteiger partial charge in [0.05, 0.1) is 7.11 Å². The molecule has 0 N–H and O–H groups in total. The van der Waals surface area contributed by atoms with E-state index in [1.165, 1.54) is 5.56 Å². The molecule has 0 saturated heterocycles. The van der Waals surface area contributed by atoms with E-state index in [-0.39, 0.29) is 0 Å². The van der Waals surface area contributed by atoms with E-state index in [1.807, 2.05) is 18.2 Å². The largest absolute Gasteiger partial charge is 0.497 e. The Morgan fingerprint density at radius 3 is 2.65 bits per heavy atom. The van der Waals surface area contributed by atoms with Crippen LogP contribution in [-0.4, -0.2) is 13.8 Å². The number of ether oxygens (including phenoxy) is 1. The lowest BCUT2D eigenvalue weighted by atomic mass is 10.2. The highest BCUT2D eigenvalue weighted by atomic mass is 33.1. The first-order valence-electron chi connectivity index (χ1n) is 5.02. The first kappa shape index (κ1) is 13.9. The van der Waals surface area contributed by atoms with Crippen molar-refractivity contribution in [3.8, 4) is 5.75 Å². The minimum absolute atomic E-state index is 0.874. The molecule has 2 nitrogen and oxygen atoms in total. The molecule has 0 aliphatic heterocycles. The summed E-state index contributed by atoms with van der Waals surface area (Å²) in [6, 6.07) is 8.05. The van der Waals surface area contributed by atoms with Crippen LogP contribution in [0.25, 0.3) is 0 Å². The zero-order chi connectivity index (χ0) is 12.5. The quantitative estimate of drug-likeness (QED) is 0.416. The number of hydrogen-bond donors (Lipinski definition) is 0. The number of aliphatic imine (C=N–C) groups is 1. The molecular weight excluding hydrogens is 250 g/mol. The molecule has 0 aliphatic carbocycles. The standard InChI is InChI=1S/C13H15NOS2/c1-4-5-13(14-2)17-16-10-11-6-8-12(15-3)9-7-11/h4-9H,1-2,10H2,3H3/b13-5+. The molecule has 0 atom stereocenters. The topological polar surface area (TPSA) is 21.6 Å². The van der Waals surface area contributed by atoms with E-state index in [1.54, 1.807) is 34.8 Å². The lowest BCUT2D eigenvalue weighted by Crippen LogP contribution is -1.83.